The minimum Gasteiger partial charge on any atom is -0.378 e. The molecule has 0 radical (unpaired) electrons. The normalized spacial score (nSPS) is 19.9. The van der Waals surface area contributed by atoms with Crippen molar-refractivity contribution in [2.75, 3.05) is 6.61 Å². The fourth-order valence-electron chi connectivity index (χ4n) is 1.72. The summed E-state index contributed by atoms with van der Waals surface area (Å²) >= 11 is 5.04. The Bertz CT molecular complexity index is 361. The Morgan fingerprint density at radius 2 is 2.50 bits per heavy atom. The van der Waals surface area contributed by atoms with Crippen LogP contribution in [0.3, 0.4) is 0 Å². The Morgan fingerprint density at radius 3 is 3.12 bits per heavy atom. The van der Waals surface area contributed by atoms with E-state index in [9.17, 15) is 4.79 Å². The molecule has 1 aromatic rings. The lowest BCUT2D eigenvalue weighted by Gasteiger charge is -2.08. The molecule has 2 heterocycles. The van der Waals surface area contributed by atoms with E-state index in [-0.39, 0.29) is 12.0 Å². The zero-order valence-corrected chi connectivity index (χ0v) is 11.3. The lowest BCUT2D eigenvalue weighted by molar-refractivity contribution is -0.123. The van der Waals surface area contributed by atoms with Crippen molar-refractivity contribution in [1.29, 1.82) is 0 Å². The van der Waals surface area contributed by atoms with Crippen LogP contribution in [0, 0.1) is 0 Å². The first-order valence-corrected chi connectivity index (χ1v) is 6.97. The van der Waals surface area contributed by atoms with E-state index in [1.807, 2.05) is 12.1 Å². The molecule has 1 atom stereocenters. The minimum atomic E-state index is 0.0800. The summed E-state index contributed by atoms with van der Waals surface area (Å²) in [7, 11) is 0. The molecule has 2 rings (SSSR count). The van der Waals surface area contributed by atoms with E-state index in [0.717, 1.165) is 28.1 Å². The maximum Gasteiger partial charge on any atom is 0.222 e. The van der Waals surface area contributed by atoms with E-state index in [1.165, 1.54) is 0 Å². The highest BCUT2D eigenvalue weighted by atomic mass is 79.9. The van der Waals surface area contributed by atoms with Gasteiger partial charge < -0.3 is 10.1 Å². The van der Waals surface area contributed by atoms with Gasteiger partial charge in [0.25, 0.3) is 0 Å². The van der Waals surface area contributed by atoms with Crippen molar-refractivity contribution in [3.05, 3.63) is 20.8 Å². The Hall–Kier alpha value is -0.390. The molecule has 1 saturated heterocycles. The molecule has 1 N–H and O–H groups in total. The molecular weight excluding hydrogens is 290 g/mol. The van der Waals surface area contributed by atoms with E-state index in [0.29, 0.717) is 13.0 Å². The highest BCUT2D eigenvalue weighted by Gasteiger charge is 2.18. The molecule has 1 aliphatic heterocycles. The summed E-state index contributed by atoms with van der Waals surface area (Å²) in [5, 5.41) is 2.91. The van der Waals surface area contributed by atoms with Gasteiger partial charge in [0.05, 0.1) is 22.9 Å². The molecule has 88 valence electrons. The van der Waals surface area contributed by atoms with E-state index in [2.05, 4.69) is 21.2 Å². The van der Waals surface area contributed by atoms with Gasteiger partial charge in [0.1, 0.15) is 0 Å². The minimum absolute atomic E-state index is 0.0800. The molecule has 0 saturated carbocycles. The molecule has 1 fully saturated rings. The number of hydrogen-bond acceptors (Lipinski definition) is 3. The van der Waals surface area contributed by atoms with E-state index in [4.69, 9.17) is 4.74 Å². The van der Waals surface area contributed by atoms with Gasteiger partial charge in [0, 0.05) is 11.5 Å². The molecule has 0 aromatic carbocycles. The van der Waals surface area contributed by atoms with Crippen molar-refractivity contribution in [1.82, 2.24) is 5.32 Å². The maximum absolute atomic E-state index is 11.6. The molecule has 1 aromatic heterocycles. The average molecular weight is 304 g/mol. The van der Waals surface area contributed by atoms with Gasteiger partial charge >= 0.3 is 0 Å². The van der Waals surface area contributed by atoms with Crippen LogP contribution < -0.4 is 5.32 Å². The number of carbonyl (C=O) groups excluding carboxylic acids is 1. The lowest BCUT2D eigenvalue weighted by Crippen LogP contribution is -2.26. The number of amides is 1. The Kier molecular flexibility index (Phi) is 4.37. The van der Waals surface area contributed by atoms with Gasteiger partial charge in [-0.05, 0) is 40.9 Å². The third kappa shape index (κ3) is 3.57. The summed E-state index contributed by atoms with van der Waals surface area (Å²) in [5.74, 6) is 0.0800. The number of thiophene rings is 1. The molecule has 5 heteroatoms. The molecule has 0 aliphatic carbocycles. The summed E-state index contributed by atoms with van der Waals surface area (Å²) in [6.45, 7) is 1.41. The fourth-order valence-corrected chi connectivity index (χ4v) is 3.14. The van der Waals surface area contributed by atoms with Crippen LogP contribution in [0.4, 0.5) is 0 Å². The number of carbonyl (C=O) groups is 1. The van der Waals surface area contributed by atoms with Crippen LogP contribution in [0.5, 0.6) is 0 Å². The van der Waals surface area contributed by atoms with Gasteiger partial charge in [0.2, 0.25) is 5.91 Å². The van der Waals surface area contributed by atoms with Gasteiger partial charge in [-0.3, -0.25) is 4.79 Å². The average Bonchev–Trinajstić information content (AvgIpc) is 2.87. The second-order valence-electron chi connectivity index (χ2n) is 3.82. The van der Waals surface area contributed by atoms with Crippen molar-refractivity contribution in [3.63, 3.8) is 0 Å². The van der Waals surface area contributed by atoms with Crippen LogP contribution in [0.15, 0.2) is 15.9 Å². The van der Waals surface area contributed by atoms with Crippen molar-refractivity contribution in [3.8, 4) is 0 Å². The zero-order chi connectivity index (χ0) is 11.4. The third-order valence-electron chi connectivity index (χ3n) is 2.53. The third-order valence-corrected chi connectivity index (χ3v) is 4.15. The molecule has 1 unspecified atom stereocenters. The standard InChI is InChI=1S/C11H14BrNO2S/c12-10-4-3-9(16-10)7-13-11(14)6-8-2-1-5-15-8/h3-4,8H,1-2,5-7H2,(H,13,14). The molecular formula is C11H14BrNO2S. The van der Waals surface area contributed by atoms with Crippen molar-refractivity contribution in [2.24, 2.45) is 0 Å². The largest absolute Gasteiger partial charge is 0.378 e. The monoisotopic (exact) mass is 303 g/mol. The van der Waals surface area contributed by atoms with Gasteiger partial charge in [-0.25, -0.2) is 0 Å². The van der Waals surface area contributed by atoms with Crippen molar-refractivity contribution >= 4 is 33.2 Å². The van der Waals surface area contributed by atoms with Gasteiger partial charge in [0.15, 0.2) is 0 Å². The first kappa shape index (κ1) is 12.1. The number of nitrogens with one attached hydrogen (secondary N) is 1. The second-order valence-corrected chi connectivity index (χ2v) is 6.37. The molecule has 3 nitrogen and oxygen atoms in total. The Balaban J connectivity index is 1.71. The smallest absolute Gasteiger partial charge is 0.222 e. The van der Waals surface area contributed by atoms with Crippen LogP contribution in [0.2, 0.25) is 0 Å². The van der Waals surface area contributed by atoms with Gasteiger partial charge in [-0.1, -0.05) is 0 Å². The predicted molar refractivity (Wildman–Crippen MR) is 67.5 cm³/mol. The summed E-state index contributed by atoms with van der Waals surface area (Å²) in [6, 6.07) is 4.01. The quantitative estimate of drug-likeness (QED) is 0.929. The number of hydrogen-bond donors (Lipinski definition) is 1. The van der Waals surface area contributed by atoms with Crippen LogP contribution in [0.25, 0.3) is 0 Å². The van der Waals surface area contributed by atoms with Crippen LogP contribution >= 0.6 is 27.3 Å². The van der Waals surface area contributed by atoms with E-state index in [1.54, 1.807) is 11.3 Å². The SMILES string of the molecule is O=C(CC1CCCO1)NCc1ccc(Br)s1. The van der Waals surface area contributed by atoms with Crippen molar-refractivity contribution < 1.29 is 9.53 Å². The first-order chi connectivity index (χ1) is 7.74. The Labute approximate surface area is 107 Å². The van der Waals surface area contributed by atoms with Crippen LogP contribution in [-0.4, -0.2) is 18.6 Å². The highest BCUT2D eigenvalue weighted by molar-refractivity contribution is 9.11. The lowest BCUT2D eigenvalue weighted by atomic mass is 10.2. The molecule has 1 amide bonds. The topological polar surface area (TPSA) is 38.3 Å². The summed E-state index contributed by atoms with van der Waals surface area (Å²) in [4.78, 5) is 12.7. The maximum atomic E-state index is 11.6. The van der Waals surface area contributed by atoms with E-state index < -0.39 is 0 Å². The van der Waals surface area contributed by atoms with Gasteiger partial charge in [-0.2, -0.15) is 0 Å². The highest BCUT2D eigenvalue weighted by Crippen LogP contribution is 2.22. The van der Waals surface area contributed by atoms with Crippen LogP contribution in [-0.2, 0) is 16.1 Å². The number of halogens is 1. The molecule has 0 bridgehead atoms. The summed E-state index contributed by atoms with van der Waals surface area (Å²) < 4.78 is 6.51. The molecule has 0 spiro atoms. The first-order valence-electron chi connectivity index (χ1n) is 5.36. The predicted octanol–water partition coefficient (Wildman–Crippen LogP) is 2.70. The number of ether oxygens (including phenoxy) is 1. The zero-order valence-electron chi connectivity index (χ0n) is 8.87. The fraction of sp³-hybridized carbons (Fsp3) is 0.545. The van der Waals surface area contributed by atoms with E-state index >= 15 is 0 Å². The van der Waals surface area contributed by atoms with Gasteiger partial charge in [-0.15, -0.1) is 11.3 Å². The summed E-state index contributed by atoms with van der Waals surface area (Å²) in [5.41, 5.74) is 0. The second kappa shape index (κ2) is 5.80. The molecule has 16 heavy (non-hydrogen) atoms. The summed E-state index contributed by atoms with van der Waals surface area (Å²) in [6.07, 6.45) is 2.72. The molecule has 1 aliphatic rings. The Morgan fingerprint density at radius 1 is 1.62 bits per heavy atom. The number of rotatable bonds is 4. The van der Waals surface area contributed by atoms with Crippen molar-refractivity contribution in [2.45, 2.75) is 31.9 Å². The van der Waals surface area contributed by atoms with Crippen LogP contribution in [0.1, 0.15) is 24.1 Å².